The van der Waals surface area contributed by atoms with Gasteiger partial charge in [-0.15, -0.1) is 0 Å². The molecule has 0 spiro atoms. The second-order valence-corrected chi connectivity index (χ2v) is 9.12. The predicted octanol–water partition coefficient (Wildman–Crippen LogP) is 7.44. The molecule has 0 radical (unpaired) electrons. The van der Waals surface area contributed by atoms with Crippen LogP contribution in [0.2, 0.25) is 0 Å². The van der Waals surface area contributed by atoms with Crippen molar-refractivity contribution in [2.75, 3.05) is 5.32 Å². The van der Waals surface area contributed by atoms with Crippen LogP contribution in [0.3, 0.4) is 0 Å². The van der Waals surface area contributed by atoms with Crippen LogP contribution >= 0.6 is 0 Å². The average Bonchev–Trinajstić information content (AvgIpc) is 2.87. The van der Waals surface area contributed by atoms with Crippen LogP contribution < -0.4 is 5.32 Å². The summed E-state index contributed by atoms with van der Waals surface area (Å²) < 4.78 is 0. The maximum absolute atomic E-state index is 12.7. The molecule has 0 heterocycles. The molecular weight excluding hydrogens is 402 g/mol. The first-order chi connectivity index (χ1) is 16.0. The number of benzene rings is 4. The van der Waals surface area contributed by atoms with Gasteiger partial charge in [0.15, 0.2) is 0 Å². The minimum Gasteiger partial charge on any atom is -0.326 e. The van der Waals surface area contributed by atoms with Gasteiger partial charge in [0.25, 0.3) is 0 Å². The molecule has 166 valence electrons. The SMILES string of the molecule is CCC(C)(C)C(=O)Nc1ccc(C(c2ccccc2)(c2ccccc2)c2ccccc2)cc1. The molecular formula is C31H31NO. The summed E-state index contributed by atoms with van der Waals surface area (Å²) in [6, 6.07) is 40.2. The van der Waals surface area contributed by atoms with Crippen LogP contribution in [0.1, 0.15) is 49.4 Å². The van der Waals surface area contributed by atoms with E-state index in [1.807, 2.05) is 32.9 Å². The zero-order chi connectivity index (χ0) is 23.3. The zero-order valence-electron chi connectivity index (χ0n) is 19.6. The standard InChI is InChI=1S/C31H31NO/c1-4-30(2,3)29(33)32-28-22-20-27(21-23-28)31(24-14-8-5-9-15-24,25-16-10-6-11-17-25)26-18-12-7-13-19-26/h5-23H,4H2,1-3H3,(H,32,33). The molecule has 2 nitrogen and oxygen atoms in total. The molecule has 2 heteroatoms. The highest BCUT2D eigenvalue weighted by molar-refractivity contribution is 5.94. The molecule has 0 aliphatic carbocycles. The second kappa shape index (κ2) is 9.46. The fourth-order valence-electron chi connectivity index (χ4n) is 4.33. The molecule has 33 heavy (non-hydrogen) atoms. The summed E-state index contributed by atoms with van der Waals surface area (Å²) in [6.45, 7) is 5.99. The normalized spacial score (nSPS) is 11.7. The molecule has 0 unspecified atom stereocenters. The lowest BCUT2D eigenvalue weighted by Crippen LogP contribution is -2.31. The third-order valence-corrected chi connectivity index (χ3v) is 6.69. The maximum Gasteiger partial charge on any atom is 0.230 e. The van der Waals surface area contributed by atoms with Gasteiger partial charge >= 0.3 is 0 Å². The lowest BCUT2D eigenvalue weighted by Gasteiger charge is -2.37. The Morgan fingerprint density at radius 3 is 1.33 bits per heavy atom. The average molecular weight is 434 g/mol. The van der Waals surface area contributed by atoms with Crippen LogP contribution in [0.15, 0.2) is 115 Å². The van der Waals surface area contributed by atoms with E-state index in [-0.39, 0.29) is 5.91 Å². The van der Waals surface area contributed by atoms with Crippen LogP contribution in [0.5, 0.6) is 0 Å². The van der Waals surface area contributed by atoms with E-state index in [4.69, 9.17) is 0 Å². The van der Waals surface area contributed by atoms with Gasteiger partial charge in [0, 0.05) is 11.1 Å². The van der Waals surface area contributed by atoms with Crippen molar-refractivity contribution in [2.24, 2.45) is 5.41 Å². The number of carbonyl (C=O) groups excluding carboxylic acids is 1. The summed E-state index contributed by atoms with van der Waals surface area (Å²) in [5.41, 5.74) is 4.69. The smallest absolute Gasteiger partial charge is 0.230 e. The summed E-state index contributed by atoms with van der Waals surface area (Å²) in [5.74, 6) is 0.0400. The van der Waals surface area contributed by atoms with Gasteiger partial charge in [-0.05, 0) is 40.8 Å². The zero-order valence-corrected chi connectivity index (χ0v) is 19.6. The van der Waals surface area contributed by atoms with E-state index in [2.05, 4.69) is 108 Å². The number of anilines is 1. The van der Waals surface area contributed by atoms with Gasteiger partial charge in [-0.2, -0.15) is 0 Å². The monoisotopic (exact) mass is 433 g/mol. The van der Waals surface area contributed by atoms with Gasteiger partial charge in [0.05, 0.1) is 5.41 Å². The van der Waals surface area contributed by atoms with Crippen LogP contribution in [-0.4, -0.2) is 5.91 Å². The lowest BCUT2D eigenvalue weighted by molar-refractivity contribution is -0.124. The molecule has 0 saturated heterocycles. The molecule has 0 fully saturated rings. The van der Waals surface area contributed by atoms with Crippen molar-refractivity contribution >= 4 is 11.6 Å². The number of nitrogens with one attached hydrogen (secondary N) is 1. The maximum atomic E-state index is 12.7. The summed E-state index contributed by atoms with van der Waals surface area (Å²) >= 11 is 0. The summed E-state index contributed by atoms with van der Waals surface area (Å²) in [6.07, 6.45) is 0.788. The molecule has 0 aromatic heterocycles. The van der Waals surface area contributed by atoms with E-state index in [1.54, 1.807) is 0 Å². The molecule has 4 rings (SSSR count). The molecule has 4 aromatic carbocycles. The Morgan fingerprint density at radius 1 is 0.606 bits per heavy atom. The molecule has 0 aliphatic heterocycles. The minimum atomic E-state index is -0.477. The Kier molecular flexibility index (Phi) is 6.46. The third kappa shape index (κ3) is 4.34. The van der Waals surface area contributed by atoms with E-state index < -0.39 is 10.8 Å². The third-order valence-electron chi connectivity index (χ3n) is 6.69. The van der Waals surface area contributed by atoms with Crippen molar-refractivity contribution < 1.29 is 4.79 Å². The highest BCUT2D eigenvalue weighted by Gasteiger charge is 2.38. The number of amides is 1. The van der Waals surface area contributed by atoms with Crippen LogP contribution in [0, 0.1) is 5.41 Å². The molecule has 1 N–H and O–H groups in total. The van der Waals surface area contributed by atoms with E-state index in [1.165, 1.54) is 16.7 Å². The molecule has 4 aromatic rings. The molecule has 0 atom stereocenters. The number of hydrogen-bond donors (Lipinski definition) is 1. The van der Waals surface area contributed by atoms with E-state index in [0.717, 1.165) is 17.7 Å². The molecule has 0 aliphatic rings. The Labute approximate surface area is 197 Å². The quantitative estimate of drug-likeness (QED) is 0.301. The van der Waals surface area contributed by atoms with Gasteiger partial charge in [-0.25, -0.2) is 0 Å². The van der Waals surface area contributed by atoms with Crippen molar-refractivity contribution in [3.8, 4) is 0 Å². The molecule has 0 bridgehead atoms. The van der Waals surface area contributed by atoms with Crippen LogP contribution in [0.4, 0.5) is 5.69 Å². The first-order valence-electron chi connectivity index (χ1n) is 11.6. The summed E-state index contributed by atoms with van der Waals surface area (Å²) in [7, 11) is 0. The number of rotatable bonds is 7. The highest BCUT2D eigenvalue weighted by atomic mass is 16.2. The van der Waals surface area contributed by atoms with Gasteiger partial charge in [0.1, 0.15) is 0 Å². The van der Waals surface area contributed by atoms with Crippen LogP contribution in [0.25, 0.3) is 0 Å². The Hall–Kier alpha value is -3.65. The molecule has 0 saturated carbocycles. The van der Waals surface area contributed by atoms with Crippen molar-refractivity contribution in [3.63, 3.8) is 0 Å². The minimum absolute atomic E-state index is 0.0400. The van der Waals surface area contributed by atoms with Gasteiger partial charge in [0.2, 0.25) is 5.91 Å². The fraction of sp³-hybridized carbons (Fsp3) is 0.194. The van der Waals surface area contributed by atoms with Crippen molar-refractivity contribution in [1.29, 1.82) is 0 Å². The van der Waals surface area contributed by atoms with Gasteiger partial charge in [-0.1, -0.05) is 124 Å². The molecule has 1 amide bonds. The van der Waals surface area contributed by atoms with E-state index in [9.17, 15) is 4.79 Å². The van der Waals surface area contributed by atoms with Crippen molar-refractivity contribution in [3.05, 3.63) is 138 Å². The number of carbonyl (C=O) groups is 1. The lowest BCUT2D eigenvalue weighted by atomic mass is 9.65. The number of hydrogen-bond acceptors (Lipinski definition) is 1. The van der Waals surface area contributed by atoms with Gasteiger partial charge < -0.3 is 5.32 Å². The summed E-state index contributed by atoms with van der Waals surface area (Å²) in [5, 5.41) is 3.09. The van der Waals surface area contributed by atoms with Crippen molar-refractivity contribution in [2.45, 2.75) is 32.6 Å². The first-order valence-corrected chi connectivity index (χ1v) is 11.6. The summed E-state index contributed by atoms with van der Waals surface area (Å²) in [4.78, 5) is 12.7. The topological polar surface area (TPSA) is 29.1 Å². The van der Waals surface area contributed by atoms with E-state index >= 15 is 0 Å². The Balaban J connectivity index is 1.88. The van der Waals surface area contributed by atoms with Crippen LogP contribution in [-0.2, 0) is 10.2 Å². The second-order valence-electron chi connectivity index (χ2n) is 9.12. The largest absolute Gasteiger partial charge is 0.326 e. The van der Waals surface area contributed by atoms with Gasteiger partial charge in [-0.3, -0.25) is 4.79 Å². The fourth-order valence-corrected chi connectivity index (χ4v) is 4.33. The predicted molar refractivity (Wildman–Crippen MR) is 137 cm³/mol. The first kappa shape index (κ1) is 22.5. The Bertz CT molecular complexity index is 1080. The highest BCUT2D eigenvalue weighted by Crippen LogP contribution is 2.45. The van der Waals surface area contributed by atoms with E-state index in [0.29, 0.717) is 0 Å². The Morgan fingerprint density at radius 2 is 0.970 bits per heavy atom. The van der Waals surface area contributed by atoms with Crippen molar-refractivity contribution in [1.82, 2.24) is 0 Å².